The number of nitrogens with one attached hydrogen (secondary N) is 2. The summed E-state index contributed by atoms with van der Waals surface area (Å²) >= 11 is 1.64. The third-order valence-corrected chi connectivity index (χ3v) is 4.72. The molecule has 0 bridgehead atoms. The van der Waals surface area contributed by atoms with Crippen LogP contribution >= 0.6 is 11.8 Å². The summed E-state index contributed by atoms with van der Waals surface area (Å²) in [5, 5.41) is 5.34. The first kappa shape index (κ1) is 19.4. The van der Waals surface area contributed by atoms with E-state index in [4.69, 9.17) is 4.74 Å². The van der Waals surface area contributed by atoms with E-state index in [1.165, 1.54) is 5.56 Å². The summed E-state index contributed by atoms with van der Waals surface area (Å²) < 4.78 is 4.76. The summed E-state index contributed by atoms with van der Waals surface area (Å²) in [6, 6.07) is 10.1. The van der Waals surface area contributed by atoms with Gasteiger partial charge >= 0.3 is 6.09 Å². The number of alkyl carbamates (subject to hydrolysis) is 1. The third kappa shape index (κ3) is 7.93. The standard InChI is InChI=1S/C17H26N2O3S/c1-4-22-17(21)19-11-10-18-16(20)15(13(2)3)23-12-14-8-6-5-7-9-14/h5-9,13,15H,4,10-12H2,1-3H3,(H,18,20)(H,19,21). The molecule has 0 fully saturated rings. The van der Waals surface area contributed by atoms with Crippen molar-refractivity contribution in [3.8, 4) is 0 Å². The van der Waals surface area contributed by atoms with Gasteiger partial charge in [0, 0.05) is 18.8 Å². The average molecular weight is 338 g/mol. The van der Waals surface area contributed by atoms with Crippen molar-refractivity contribution in [1.29, 1.82) is 0 Å². The van der Waals surface area contributed by atoms with Gasteiger partial charge in [-0.3, -0.25) is 4.79 Å². The number of rotatable bonds is 9. The predicted octanol–water partition coefficient (Wildman–Crippen LogP) is 2.81. The minimum Gasteiger partial charge on any atom is -0.450 e. The molecule has 0 radical (unpaired) electrons. The fourth-order valence-electron chi connectivity index (χ4n) is 1.96. The van der Waals surface area contributed by atoms with E-state index in [1.807, 2.05) is 32.0 Å². The Morgan fingerprint density at radius 2 is 1.78 bits per heavy atom. The van der Waals surface area contributed by atoms with Crippen LogP contribution in [0.1, 0.15) is 26.3 Å². The van der Waals surface area contributed by atoms with E-state index in [9.17, 15) is 9.59 Å². The Bertz CT molecular complexity index is 480. The van der Waals surface area contributed by atoms with Crippen molar-refractivity contribution in [2.24, 2.45) is 5.92 Å². The predicted molar refractivity (Wildman–Crippen MR) is 94.4 cm³/mol. The minimum atomic E-state index is -0.458. The van der Waals surface area contributed by atoms with Crippen LogP contribution in [-0.4, -0.2) is 36.9 Å². The van der Waals surface area contributed by atoms with Crippen LogP contribution in [0, 0.1) is 5.92 Å². The zero-order valence-corrected chi connectivity index (χ0v) is 14.8. The Morgan fingerprint density at radius 1 is 1.13 bits per heavy atom. The molecule has 23 heavy (non-hydrogen) atoms. The molecule has 1 aromatic carbocycles. The first-order chi connectivity index (χ1) is 11.0. The molecule has 0 heterocycles. The summed E-state index contributed by atoms with van der Waals surface area (Å²) in [7, 11) is 0. The van der Waals surface area contributed by atoms with Crippen LogP contribution in [0.25, 0.3) is 0 Å². The van der Waals surface area contributed by atoms with Crippen LogP contribution in [-0.2, 0) is 15.3 Å². The Morgan fingerprint density at radius 3 is 2.39 bits per heavy atom. The van der Waals surface area contributed by atoms with Crippen molar-refractivity contribution in [3.05, 3.63) is 35.9 Å². The highest BCUT2D eigenvalue weighted by atomic mass is 32.2. The molecule has 0 aromatic heterocycles. The number of carbonyl (C=O) groups is 2. The molecule has 2 amide bonds. The normalized spacial score (nSPS) is 11.8. The topological polar surface area (TPSA) is 67.4 Å². The lowest BCUT2D eigenvalue weighted by Gasteiger charge is -2.20. The number of ether oxygens (including phenoxy) is 1. The molecule has 0 saturated heterocycles. The molecule has 0 spiro atoms. The summed E-state index contributed by atoms with van der Waals surface area (Å²) in [6.07, 6.45) is -0.458. The molecular weight excluding hydrogens is 312 g/mol. The molecule has 0 saturated carbocycles. The second kappa shape index (κ2) is 10.9. The average Bonchev–Trinajstić information content (AvgIpc) is 2.52. The van der Waals surface area contributed by atoms with Gasteiger partial charge in [0.25, 0.3) is 0 Å². The van der Waals surface area contributed by atoms with Gasteiger partial charge in [0.2, 0.25) is 5.91 Å². The molecule has 0 aliphatic rings. The summed E-state index contributed by atoms with van der Waals surface area (Å²) in [5.74, 6) is 1.05. The van der Waals surface area contributed by atoms with E-state index in [2.05, 4.69) is 22.8 Å². The zero-order valence-electron chi connectivity index (χ0n) is 14.0. The van der Waals surface area contributed by atoms with Crippen LogP contribution in [0.4, 0.5) is 4.79 Å². The van der Waals surface area contributed by atoms with Gasteiger partial charge in [0.1, 0.15) is 0 Å². The van der Waals surface area contributed by atoms with E-state index >= 15 is 0 Å². The second-order valence-electron chi connectivity index (χ2n) is 5.40. The van der Waals surface area contributed by atoms with Crippen LogP contribution in [0.2, 0.25) is 0 Å². The maximum atomic E-state index is 12.3. The molecule has 6 heteroatoms. The highest BCUT2D eigenvalue weighted by molar-refractivity contribution is 7.99. The van der Waals surface area contributed by atoms with E-state index in [1.54, 1.807) is 18.7 Å². The fraction of sp³-hybridized carbons (Fsp3) is 0.529. The number of thioether (sulfide) groups is 1. The maximum absolute atomic E-state index is 12.3. The monoisotopic (exact) mass is 338 g/mol. The van der Waals surface area contributed by atoms with Gasteiger partial charge in [-0.05, 0) is 18.4 Å². The first-order valence-corrected chi connectivity index (χ1v) is 8.93. The smallest absolute Gasteiger partial charge is 0.407 e. The summed E-state index contributed by atoms with van der Waals surface area (Å²) in [5.41, 5.74) is 1.21. The Hall–Kier alpha value is -1.69. The quantitative estimate of drug-likeness (QED) is 0.680. The van der Waals surface area contributed by atoms with Gasteiger partial charge in [0.15, 0.2) is 0 Å². The lowest BCUT2D eigenvalue weighted by Crippen LogP contribution is -2.40. The molecule has 128 valence electrons. The van der Waals surface area contributed by atoms with Gasteiger partial charge in [0.05, 0.1) is 11.9 Å². The molecule has 1 aromatic rings. The third-order valence-electron chi connectivity index (χ3n) is 3.11. The molecule has 5 nitrogen and oxygen atoms in total. The molecule has 1 unspecified atom stereocenters. The van der Waals surface area contributed by atoms with Crippen molar-refractivity contribution in [1.82, 2.24) is 10.6 Å². The van der Waals surface area contributed by atoms with Crippen LogP contribution in [0.5, 0.6) is 0 Å². The zero-order chi connectivity index (χ0) is 17.1. The second-order valence-corrected chi connectivity index (χ2v) is 6.53. The number of carbonyl (C=O) groups excluding carboxylic acids is 2. The summed E-state index contributed by atoms with van der Waals surface area (Å²) in [4.78, 5) is 23.4. The van der Waals surface area contributed by atoms with E-state index in [0.717, 1.165) is 5.75 Å². The Labute approximate surface area is 142 Å². The summed E-state index contributed by atoms with van der Waals surface area (Å²) in [6.45, 7) is 6.92. The van der Waals surface area contributed by atoms with Crippen molar-refractivity contribution < 1.29 is 14.3 Å². The van der Waals surface area contributed by atoms with Gasteiger partial charge in [-0.2, -0.15) is 0 Å². The van der Waals surface area contributed by atoms with Gasteiger partial charge in [-0.15, -0.1) is 11.8 Å². The SMILES string of the molecule is CCOC(=O)NCCNC(=O)C(SCc1ccccc1)C(C)C. The van der Waals surface area contributed by atoms with Crippen LogP contribution in [0.3, 0.4) is 0 Å². The molecule has 0 aliphatic heterocycles. The van der Waals surface area contributed by atoms with Crippen molar-refractivity contribution in [3.63, 3.8) is 0 Å². The first-order valence-electron chi connectivity index (χ1n) is 7.88. The molecule has 1 rings (SSSR count). The Kier molecular flexibility index (Phi) is 9.21. The fourth-order valence-corrected chi connectivity index (χ4v) is 3.15. The van der Waals surface area contributed by atoms with E-state index < -0.39 is 6.09 Å². The van der Waals surface area contributed by atoms with Crippen molar-refractivity contribution in [2.75, 3.05) is 19.7 Å². The molecular formula is C17H26N2O3S. The van der Waals surface area contributed by atoms with Crippen molar-refractivity contribution in [2.45, 2.75) is 31.8 Å². The van der Waals surface area contributed by atoms with Gasteiger partial charge < -0.3 is 15.4 Å². The highest BCUT2D eigenvalue weighted by Gasteiger charge is 2.22. The van der Waals surface area contributed by atoms with Gasteiger partial charge in [-0.1, -0.05) is 44.2 Å². The number of hydrogen-bond acceptors (Lipinski definition) is 4. The largest absolute Gasteiger partial charge is 0.450 e. The molecule has 0 aliphatic carbocycles. The lowest BCUT2D eigenvalue weighted by molar-refractivity contribution is -0.121. The van der Waals surface area contributed by atoms with E-state index in [0.29, 0.717) is 19.7 Å². The maximum Gasteiger partial charge on any atom is 0.407 e. The minimum absolute atomic E-state index is 0.00610. The number of benzene rings is 1. The van der Waals surface area contributed by atoms with Crippen LogP contribution < -0.4 is 10.6 Å². The molecule has 1 atom stereocenters. The molecule has 2 N–H and O–H groups in total. The number of amides is 2. The highest BCUT2D eigenvalue weighted by Crippen LogP contribution is 2.23. The van der Waals surface area contributed by atoms with Gasteiger partial charge in [-0.25, -0.2) is 4.79 Å². The van der Waals surface area contributed by atoms with E-state index in [-0.39, 0.29) is 17.1 Å². The van der Waals surface area contributed by atoms with Crippen molar-refractivity contribution >= 4 is 23.8 Å². The lowest BCUT2D eigenvalue weighted by atomic mass is 10.1. The van der Waals surface area contributed by atoms with Crippen LogP contribution in [0.15, 0.2) is 30.3 Å². The number of hydrogen-bond donors (Lipinski definition) is 2. The Balaban J connectivity index is 2.35.